The first-order valence-electron chi connectivity index (χ1n) is 4.93. The SMILES string of the molecule is CCOC(=O)Nc1cc(O)ccc1C(=O)OC. The molecule has 1 aromatic rings. The largest absolute Gasteiger partial charge is 0.508 e. The molecule has 0 aliphatic heterocycles. The van der Waals surface area contributed by atoms with Gasteiger partial charge in [0.25, 0.3) is 0 Å². The average molecular weight is 239 g/mol. The summed E-state index contributed by atoms with van der Waals surface area (Å²) in [6.07, 6.45) is -0.705. The van der Waals surface area contributed by atoms with Gasteiger partial charge < -0.3 is 14.6 Å². The van der Waals surface area contributed by atoms with E-state index in [1.807, 2.05) is 0 Å². The molecule has 0 aliphatic rings. The Labute approximate surface area is 98.2 Å². The highest BCUT2D eigenvalue weighted by Crippen LogP contribution is 2.22. The summed E-state index contributed by atoms with van der Waals surface area (Å²) in [6.45, 7) is 1.86. The van der Waals surface area contributed by atoms with Crippen molar-refractivity contribution < 1.29 is 24.2 Å². The molecule has 1 aromatic carbocycles. The first kappa shape index (κ1) is 12.8. The van der Waals surface area contributed by atoms with Gasteiger partial charge in [0.15, 0.2) is 0 Å². The number of carbonyl (C=O) groups excluding carboxylic acids is 2. The van der Waals surface area contributed by atoms with E-state index in [9.17, 15) is 14.7 Å². The summed E-state index contributed by atoms with van der Waals surface area (Å²) in [5.41, 5.74) is 0.272. The molecule has 0 heterocycles. The van der Waals surface area contributed by atoms with Crippen LogP contribution in [0.15, 0.2) is 18.2 Å². The number of esters is 1. The molecule has 1 amide bonds. The third-order valence-electron chi connectivity index (χ3n) is 1.92. The fourth-order valence-corrected chi connectivity index (χ4v) is 1.20. The molecular weight excluding hydrogens is 226 g/mol. The molecule has 17 heavy (non-hydrogen) atoms. The van der Waals surface area contributed by atoms with Gasteiger partial charge in [-0.05, 0) is 19.1 Å². The molecule has 1 rings (SSSR count). The normalized spacial score (nSPS) is 9.53. The van der Waals surface area contributed by atoms with Gasteiger partial charge in [0.2, 0.25) is 0 Å². The number of ether oxygens (including phenoxy) is 2. The fraction of sp³-hybridized carbons (Fsp3) is 0.273. The first-order chi connectivity index (χ1) is 8.08. The highest BCUT2D eigenvalue weighted by Gasteiger charge is 2.14. The Kier molecular flexibility index (Phi) is 4.33. The predicted molar refractivity (Wildman–Crippen MR) is 60.1 cm³/mol. The monoisotopic (exact) mass is 239 g/mol. The number of hydrogen-bond acceptors (Lipinski definition) is 5. The van der Waals surface area contributed by atoms with E-state index in [1.165, 1.54) is 25.3 Å². The lowest BCUT2D eigenvalue weighted by Crippen LogP contribution is -2.16. The second-order valence-corrected chi connectivity index (χ2v) is 3.07. The maximum atomic E-state index is 11.4. The smallest absolute Gasteiger partial charge is 0.411 e. The Balaban J connectivity index is 2.99. The number of phenolic OH excluding ortho intramolecular Hbond substituents is 1. The van der Waals surface area contributed by atoms with Gasteiger partial charge in [0, 0.05) is 6.07 Å². The number of carbonyl (C=O) groups is 2. The molecule has 6 heteroatoms. The maximum Gasteiger partial charge on any atom is 0.411 e. The Morgan fingerprint density at radius 1 is 1.41 bits per heavy atom. The van der Waals surface area contributed by atoms with Crippen LogP contribution < -0.4 is 5.32 Å². The number of nitrogens with one attached hydrogen (secondary N) is 1. The average Bonchev–Trinajstić information content (AvgIpc) is 2.28. The van der Waals surface area contributed by atoms with Crippen molar-refractivity contribution >= 4 is 17.7 Å². The van der Waals surface area contributed by atoms with Gasteiger partial charge in [-0.3, -0.25) is 5.32 Å². The van der Waals surface area contributed by atoms with Gasteiger partial charge in [-0.25, -0.2) is 9.59 Å². The molecule has 2 N–H and O–H groups in total. The van der Waals surface area contributed by atoms with Crippen LogP contribution in [0.2, 0.25) is 0 Å². The zero-order valence-electron chi connectivity index (χ0n) is 9.52. The Morgan fingerprint density at radius 2 is 2.12 bits per heavy atom. The number of amides is 1. The Bertz CT molecular complexity index is 430. The number of anilines is 1. The van der Waals surface area contributed by atoms with Gasteiger partial charge in [-0.15, -0.1) is 0 Å². The van der Waals surface area contributed by atoms with Crippen molar-refractivity contribution in [3.63, 3.8) is 0 Å². The van der Waals surface area contributed by atoms with Gasteiger partial charge in [-0.1, -0.05) is 0 Å². The van der Waals surface area contributed by atoms with E-state index in [2.05, 4.69) is 14.8 Å². The lowest BCUT2D eigenvalue weighted by molar-refractivity contribution is 0.0602. The van der Waals surface area contributed by atoms with Gasteiger partial charge in [0.1, 0.15) is 5.75 Å². The minimum absolute atomic E-state index is 0.0792. The summed E-state index contributed by atoms with van der Waals surface area (Å²) in [5, 5.41) is 11.6. The molecule has 0 aliphatic carbocycles. The highest BCUT2D eigenvalue weighted by molar-refractivity contribution is 6.00. The van der Waals surface area contributed by atoms with Crippen LogP contribution in [0.1, 0.15) is 17.3 Å². The van der Waals surface area contributed by atoms with E-state index in [1.54, 1.807) is 6.92 Å². The number of hydrogen-bond donors (Lipinski definition) is 2. The highest BCUT2D eigenvalue weighted by atomic mass is 16.5. The van der Waals surface area contributed by atoms with E-state index in [4.69, 9.17) is 0 Å². The second-order valence-electron chi connectivity index (χ2n) is 3.07. The number of methoxy groups -OCH3 is 1. The zero-order chi connectivity index (χ0) is 12.8. The van der Waals surface area contributed by atoms with Crippen LogP contribution in [0, 0.1) is 0 Å². The van der Waals surface area contributed by atoms with Gasteiger partial charge >= 0.3 is 12.1 Å². The van der Waals surface area contributed by atoms with Crippen molar-refractivity contribution in [2.24, 2.45) is 0 Å². The summed E-state index contributed by atoms with van der Waals surface area (Å²) >= 11 is 0. The third kappa shape index (κ3) is 3.37. The van der Waals surface area contributed by atoms with Crippen molar-refractivity contribution in [3.8, 4) is 5.75 Å². The summed E-state index contributed by atoms with van der Waals surface area (Å²) in [7, 11) is 1.23. The number of benzene rings is 1. The van der Waals surface area contributed by atoms with Crippen molar-refractivity contribution in [3.05, 3.63) is 23.8 Å². The molecule has 0 spiro atoms. The lowest BCUT2D eigenvalue weighted by atomic mass is 10.1. The van der Waals surface area contributed by atoms with Crippen molar-refractivity contribution in [1.82, 2.24) is 0 Å². The van der Waals surface area contributed by atoms with E-state index < -0.39 is 12.1 Å². The maximum absolute atomic E-state index is 11.4. The van der Waals surface area contributed by atoms with E-state index in [0.29, 0.717) is 0 Å². The summed E-state index contributed by atoms with van der Waals surface area (Å²) in [6, 6.07) is 3.91. The summed E-state index contributed by atoms with van der Waals surface area (Å²) in [4.78, 5) is 22.6. The van der Waals surface area contributed by atoms with Crippen LogP contribution in [0.4, 0.5) is 10.5 Å². The second kappa shape index (κ2) is 5.74. The molecule has 92 valence electrons. The predicted octanol–water partition coefficient (Wildman–Crippen LogP) is 1.75. The minimum atomic E-state index is -0.705. The van der Waals surface area contributed by atoms with Gasteiger partial charge in [0.05, 0.1) is 25.0 Å². The molecule has 0 fully saturated rings. The molecular formula is C11H13NO5. The molecule has 0 atom stereocenters. The van der Waals surface area contributed by atoms with Crippen LogP contribution in [0.5, 0.6) is 5.75 Å². The fourth-order valence-electron chi connectivity index (χ4n) is 1.20. The molecule has 0 aromatic heterocycles. The van der Waals surface area contributed by atoms with Gasteiger partial charge in [-0.2, -0.15) is 0 Å². The van der Waals surface area contributed by atoms with Crippen LogP contribution in [-0.2, 0) is 9.47 Å². The summed E-state index contributed by atoms with van der Waals surface area (Å²) in [5.74, 6) is -0.693. The quantitative estimate of drug-likeness (QED) is 0.785. The van der Waals surface area contributed by atoms with Crippen molar-refractivity contribution in [2.45, 2.75) is 6.92 Å². The van der Waals surface area contributed by atoms with Crippen molar-refractivity contribution in [1.29, 1.82) is 0 Å². The van der Waals surface area contributed by atoms with Crippen LogP contribution >= 0.6 is 0 Å². The Hall–Kier alpha value is -2.24. The van der Waals surface area contributed by atoms with Crippen LogP contribution in [-0.4, -0.2) is 30.9 Å². The molecule has 0 saturated heterocycles. The molecule has 0 bridgehead atoms. The Morgan fingerprint density at radius 3 is 2.71 bits per heavy atom. The number of rotatable bonds is 3. The van der Waals surface area contributed by atoms with Crippen LogP contribution in [0.25, 0.3) is 0 Å². The number of aromatic hydroxyl groups is 1. The topological polar surface area (TPSA) is 84.9 Å². The standard InChI is InChI=1S/C11H13NO5/c1-3-17-11(15)12-9-6-7(13)4-5-8(9)10(14)16-2/h4-6,13H,3H2,1-2H3,(H,12,15). The summed E-state index contributed by atoms with van der Waals surface area (Å²) < 4.78 is 9.22. The molecule has 6 nitrogen and oxygen atoms in total. The van der Waals surface area contributed by atoms with E-state index >= 15 is 0 Å². The minimum Gasteiger partial charge on any atom is -0.508 e. The van der Waals surface area contributed by atoms with E-state index in [0.717, 1.165) is 0 Å². The first-order valence-corrected chi connectivity index (χ1v) is 4.93. The lowest BCUT2D eigenvalue weighted by Gasteiger charge is -2.09. The molecule has 0 radical (unpaired) electrons. The van der Waals surface area contributed by atoms with Crippen LogP contribution in [0.3, 0.4) is 0 Å². The molecule has 0 unspecified atom stereocenters. The van der Waals surface area contributed by atoms with E-state index in [-0.39, 0.29) is 23.6 Å². The molecule has 0 saturated carbocycles. The third-order valence-corrected chi connectivity index (χ3v) is 1.92. The number of phenols is 1. The zero-order valence-corrected chi connectivity index (χ0v) is 9.52. The van der Waals surface area contributed by atoms with Crippen molar-refractivity contribution in [2.75, 3.05) is 19.0 Å².